The van der Waals surface area contributed by atoms with E-state index in [1.54, 1.807) is 6.20 Å². The molecule has 0 aliphatic carbocycles. The van der Waals surface area contributed by atoms with E-state index in [0.29, 0.717) is 18.8 Å². The molecule has 25 heavy (non-hydrogen) atoms. The molecule has 0 bridgehead atoms. The van der Waals surface area contributed by atoms with Crippen molar-refractivity contribution in [2.75, 3.05) is 6.61 Å². The summed E-state index contributed by atoms with van der Waals surface area (Å²) in [5, 5.41) is 10.6. The van der Waals surface area contributed by atoms with Crippen LogP contribution in [0.5, 0.6) is 5.75 Å². The zero-order valence-corrected chi connectivity index (χ0v) is 13.7. The lowest BCUT2D eigenvalue weighted by Crippen LogP contribution is -2.24. The van der Waals surface area contributed by atoms with Crippen molar-refractivity contribution in [2.45, 2.75) is 19.9 Å². The molecule has 2 heterocycles. The van der Waals surface area contributed by atoms with Gasteiger partial charge >= 0.3 is 0 Å². The molecule has 1 aromatic carbocycles. The second-order valence-electron chi connectivity index (χ2n) is 5.13. The van der Waals surface area contributed by atoms with Crippen molar-refractivity contribution < 1.29 is 13.9 Å². The molecule has 1 amide bonds. The lowest BCUT2D eigenvalue weighted by molar-refractivity contribution is -0.120. The SMILES string of the molecule is CCOc1cccc(CNC(=O)Cc2nnc(-c3cnccn3)o2)c1. The molecule has 0 saturated carbocycles. The third-order valence-electron chi connectivity index (χ3n) is 3.26. The molecule has 0 aliphatic heterocycles. The molecule has 0 atom stereocenters. The Balaban J connectivity index is 1.55. The van der Waals surface area contributed by atoms with Gasteiger partial charge in [0.1, 0.15) is 17.9 Å². The molecule has 3 aromatic rings. The Labute approximate surface area is 144 Å². The summed E-state index contributed by atoms with van der Waals surface area (Å²) in [6.45, 7) is 2.92. The van der Waals surface area contributed by atoms with Gasteiger partial charge < -0.3 is 14.5 Å². The van der Waals surface area contributed by atoms with Crippen LogP contribution >= 0.6 is 0 Å². The van der Waals surface area contributed by atoms with Gasteiger partial charge in [0.15, 0.2) is 0 Å². The smallest absolute Gasteiger partial charge is 0.267 e. The Hall–Kier alpha value is -3.29. The highest BCUT2D eigenvalue weighted by Gasteiger charge is 2.13. The standard InChI is InChI=1S/C17H17N5O3/c1-2-24-13-5-3-4-12(8-13)10-20-15(23)9-16-21-22-17(25-16)14-11-18-6-7-19-14/h3-8,11H,2,9-10H2,1H3,(H,20,23). The molecule has 0 unspecified atom stereocenters. The van der Waals surface area contributed by atoms with Gasteiger partial charge in [0.25, 0.3) is 5.89 Å². The van der Waals surface area contributed by atoms with Gasteiger partial charge in [-0.25, -0.2) is 4.98 Å². The van der Waals surface area contributed by atoms with Gasteiger partial charge in [-0.1, -0.05) is 12.1 Å². The topological polar surface area (TPSA) is 103 Å². The van der Waals surface area contributed by atoms with E-state index in [1.807, 2.05) is 31.2 Å². The number of hydrogen-bond acceptors (Lipinski definition) is 7. The number of carbonyl (C=O) groups is 1. The van der Waals surface area contributed by atoms with Crippen LogP contribution in [0.3, 0.4) is 0 Å². The summed E-state index contributed by atoms with van der Waals surface area (Å²) in [7, 11) is 0. The largest absolute Gasteiger partial charge is 0.494 e. The first-order valence-electron chi connectivity index (χ1n) is 7.82. The third-order valence-corrected chi connectivity index (χ3v) is 3.26. The van der Waals surface area contributed by atoms with E-state index in [9.17, 15) is 4.79 Å². The highest BCUT2D eigenvalue weighted by atomic mass is 16.5. The Morgan fingerprint density at radius 1 is 1.28 bits per heavy atom. The van der Waals surface area contributed by atoms with E-state index in [1.165, 1.54) is 12.4 Å². The molecule has 0 spiro atoms. The van der Waals surface area contributed by atoms with Crippen LogP contribution in [-0.2, 0) is 17.8 Å². The van der Waals surface area contributed by atoms with Crippen LogP contribution in [0.1, 0.15) is 18.4 Å². The quantitative estimate of drug-likeness (QED) is 0.700. The van der Waals surface area contributed by atoms with Gasteiger partial charge in [0.05, 0.1) is 12.8 Å². The van der Waals surface area contributed by atoms with Crippen LogP contribution in [0, 0.1) is 0 Å². The van der Waals surface area contributed by atoms with Gasteiger partial charge in [-0.2, -0.15) is 0 Å². The molecular weight excluding hydrogens is 322 g/mol. The number of nitrogens with zero attached hydrogens (tertiary/aromatic N) is 4. The maximum Gasteiger partial charge on any atom is 0.267 e. The van der Waals surface area contributed by atoms with Gasteiger partial charge in [-0.15, -0.1) is 10.2 Å². The number of ether oxygens (including phenoxy) is 1. The Morgan fingerprint density at radius 3 is 3.00 bits per heavy atom. The number of aromatic nitrogens is 4. The summed E-state index contributed by atoms with van der Waals surface area (Å²) in [6, 6.07) is 7.57. The van der Waals surface area contributed by atoms with Crippen LogP contribution in [0.2, 0.25) is 0 Å². The Kier molecular flexibility index (Phi) is 5.30. The summed E-state index contributed by atoms with van der Waals surface area (Å²) in [6.07, 6.45) is 4.60. The minimum Gasteiger partial charge on any atom is -0.494 e. The van der Waals surface area contributed by atoms with Crippen molar-refractivity contribution in [2.24, 2.45) is 0 Å². The number of amides is 1. The monoisotopic (exact) mass is 339 g/mol. The van der Waals surface area contributed by atoms with Crippen molar-refractivity contribution in [3.05, 3.63) is 54.3 Å². The third kappa shape index (κ3) is 4.60. The van der Waals surface area contributed by atoms with Crippen LogP contribution in [0.4, 0.5) is 0 Å². The van der Waals surface area contributed by atoms with Gasteiger partial charge in [-0.3, -0.25) is 9.78 Å². The van der Waals surface area contributed by atoms with Crippen molar-refractivity contribution >= 4 is 5.91 Å². The maximum atomic E-state index is 12.0. The van der Waals surface area contributed by atoms with E-state index in [-0.39, 0.29) is 24.1 Å². The van der Waals surface area contributed by atoms with E-state index < -0.39 is 0 Å². The molecule has 2 aromatic heterocycles. The molecule has 1 N–H and O–H groups in total. The molecule has 128 valence electrons. The second-order valence-corrected chi connectivity index (χ2v) is 5.13. The first-order chi connectivity index (χ1) is 12.2. The molecule has 8 heteroatoms. The molecule has 0 radical (unpaired) electrons. The molecule has 0 saturated heterocycles. The summed E-state index contributed by atoms with van der Waals surface area (Å²) in [4.78, 5) is 20.0. The average Bonchev–Trinajstić information content (AvgIpc) is 3.10. The fourth-order valence-corrected chi connectivity index (χ4v) is 2.15. The van der Waals surface area contributed by atoms with Gasteiger partial charge in [0.2, 0.25) is 11.8 Å². The normalized spacial score (nSPS) is 10.4. The average molecular weight is 339 g/mol. The Bertz CT molecular complexity index is 835. The minimum absolute atomic E-state index is 0.00157. The first kappa shape index (κ1) is 16.6. The molecule has 0 aliphatic rings. The van der Waals surface area contributed by atoms with E-state index in [0.717, 1.165) is 11.3 Å². The van der Waals surface area contributed by atoms with Crippen LogP contribution in [0.15, 0.2) is 47.3 Å². The summed E-state index contributed by atoms with van der Waals surface area (Å²) in [5.41, 5.74) is 1.42. The highest BCUT2D eigenvalue weighted by molar-refractivity contribution is 5.77. The molecule has 0 fully saturated rings. The van der Waals surface area contributed by atoms with E-state index in [2.05, 4.69) is 25.5 Å². The fourth-order valence-electron chi connectivity index (χ4n) is 2.15. The lowest BCUT2D eigenvalue weighted by atomic mass is 10.2. The van der Waals surface area contributed by atoms with E-state index >= 15 is 0 Å². The predicted molar refractivity (Wildman–Crippen MR) is 88.5 cm³/mol. The summed E-state index contributed by atoms with van der Waals surface area (Å²) >= 11 is 0. The predicted octanol–water partition coefficient (Wildman–Crippen LogP) is 1.78. The number of nitrogens with one attached hydrogen (secondary N) is 1. The summed E-state index contributed by atoms with van der Waals surface area (Å²) < 4.78 is 10.9. The van der Waals surface area contributed by atoms with Crippen molar-refractivity contribution in [3.63, 3.8) is 0 Å². The Morgan fingerprint density at radius 2 is 2.20 bits per heavy atom. The molecule has 3 rings (SSSR count). The van der Waals surface area contributed by atoms with Gasteiger partial charge in [0, 0.05) is 18.9 Å². The highest BCUT2D eigenvalue weighted by Crippen LogP contribution is 2.14. The summed E-state index contributed by atoms with van der Waals surface area (Å²) in [5.74, 6) is 1.03. The van der Waals surface area contributed by atoms with Crippen LogP contribution in [-0.4, -0.2) is 32.7 Å². The van der Waals surface area contributed by atoms with Crippen molar-refractivity contribution in [1.29, 1.82) is 0 Å². The van der Waals surface area contributed by atoms with Gasteiger partial charge in [-0.05, 0) is 24.6 Å². The van der Waals surface area contributed by atoms with Crippen LogP contribution in [0.25, 0.3) is 11.6 Å². The van der Waals surface area contributed by atoms with E-state index in [4.69, 9.17) is 9.15 Å². The zero-order valence-electron chi connectivity index (χ0n) is 13.7. The minimum atomic E-state index is -0.212. The fraction of sp³-hybridized carbons (Fsp3) is 0.235. The van der Waals surface area contributed by atoms with Crippen molar-refractivity contribution in [1.82, 2.24) is 25.5 Å². The zero-order chi connectivity index (χ0) is 17.5. The molecular formula is C17H17N5O3. The number of hydrogen-bond donors (Lipinski definition) is 1. The van der Waals surface area contributed by atoms with Crippen molar-refractivity contribution in [3.8, 4) is 17.3 Å². The number of rotatable bonds is 7. The first-order valence-corrected chi connectivity index (χ1v) is 7.82. The van der Waals surface area contributed by atoms with Crippen LogP contribution < -0.4 is 10.1 Å². The lowest BCUT2D eigenvalue weighted by Gasteiger charge is -2.07. The number of carbonyl (C=O) groups excluding carboxylic acids is 1. The molecule has 8 nitrogen and oxygen atoms in total. The number of benzene rings is 1. The maximum absolute atomic E-state index is 12.0. The second kappa shape index (κ2) is 8.00.